The Bertz CT molecular complexity index is 665. The lowest BCUT2D eigenvalue weighted by atomic mass is 10.1. The Morgan fingerprint density at radius 2 is 1.60 bits per heavy atom. The number of rotatable bonds is 0. The first kappa shape index (κ1) is 11.6. The molecule has 2 rings (SSSR count). The van der Waals surface area contributed by atoms with Gasteiger partial charge in [-0.2, -0.15) is 0 Å². The first-order valence-corrected chi connectivity index (χ1v) is 4.44. The van der Waals surface area contributed by atoms with Gasteiger partial charge in [0.05, 0.1) is 5.39 Å². The van der Waals surface area contributed by atoms with Crippen molar-refractivity contribution in [3.05, 3.63) is 48.4 Å². The summed E-state index contributed by atoms with van der Waals surface area (Å²) in [5, 5.41) is 0.332. The molecule has 5 heteroatoms. The van der Waals surface area contributed by atoms with Gasteiger partial charge >= 0.3 is 0 Å². The van der Waals surface area contributed by atoms with Gasteiger partial charge in [-0.25, -0.2) is 0 Å². The SMILES string of the molecule is Cc1ccc2c(=O)c(=O)c(=O)c2c1S.O. The van der Waals surface area contributed by atoms with E-state index in [0.717, 1.165) is 5.56 Å². The van der Waals surface area contributed by atoms with E-state index in [9.17, 15) is 14.4 Å². The molecule has 0 bridgehead atoms. The normalized spacial score (nSPS) is 10.3. The highest BCUT2D eigenvalue weighted by Gasteiger charge is 2.14. The van der Waals surface area contributed by atoms with Crippen LogP contribution in [0.15, 0.2) is 31.4 Å². The number of fused-ring (bicyclic) bond motifs is 1. The van der Waals surface area contributed by atoms with E-state index in [2.05, 4.69) is 12.6 Å². The average molecular weight is 224 g/mol. The molecular weight excluding hydrogens is 216 g/mol. The van der Waals surface area contributed by atoms with Crippen LogP contribution in [0.2, 0.25) is 0 Å². The minimum atomic E-state index is -0.957. The first-order chi connectivity index (χ1) is 6.54. The zero-order chi connectivity index (χ0) is 10.5. The second-order valence-electron chi connectivity index (χ2n) is 3.14. The summed E-state index contributed by atoms with van der Waals surface area (Å²) >= 11 is 4.12. The van der Waals surface area contributed by atoms with Gasteiger partial charge in [-0.15, -0.1) is 12.6 Å². The third-order valence-corrected chi connectivity index (χ3v) is 2.84. The second kappa shape index (κ2) is 3.60. The molecule has 0 amide bonds. The molecule has 0 fully saturated rings. The van der Waals surface area contributed by atoms with Gasteiger partial charge in [0.1, 0.15) is 0 Å². The van der Waals surface area contributed by atoms with Crippen LogP contribution in [0.25, 0.3) is 10.8 Å². The van der Waals surface area contributed by atoms with E-state index in [1.54, 1.807) is 13.0 Å². The van der Waals surface area contributed by atoms with E-state index in [1.807, 2.05) is 0 Å². The Kier molecular flexibility index (Phi) is 2.79. The van der Waals surface area contributed by atoms with Crippen LogP contribution in [0, 0.1) is 6.92 Å². The van der Waals surface area contributed by atoms with Crippen molar-refractivity contribution in [3.63, 3.8) is 0 Å². The van der Waals surface area contributed by atoms with Crippen molar-refractivity contribution in [1.82, 2.24) is 0 Å². The summed E-state index contributed by atoms with van der Waals surface area (Å²) in [6, 6.07) is 3.17. The number of thiol groups is 1. The molecule has 78 valence electrons. The average Bonchev–Trinajstić information content (AvgIpc) is 2.38. The van der Waals surface area contributed by atoms with Crippen molar-refractivity contribution in [2.24, 2.45) is 0 Å². The molecule has 0 spiro atoms. The Morgan fingerprint density at radius 1 is 1.00 bits per heavy atom. The number of hydrogen-bond donors (Lipinski definition) is 1. The lowest BCUT2D eigenvalue weighted by Gasteiger charge is -1.97. The van der Waals surface area contributed by atoms with E-state index >= 15 is 0 Å². The first-order valence-electron chi connectivity index (χ1n) is 4.00. The Labute approximate surface area is 89.6 Å². The van der Waals surface area contributed by atoms with Crippen molar-refractivity contribution in [3.8, 4) is 0 Å². The highest BCUT2D eigenvalue weighted by atomic mass is 32.1. The van der Waals surface area contributed by atoms with E-state index in [-0.39, 0.29) is 16.2 Å². The molecule has 0 aliphatic carbocycles. The molecule has 0 radical (unpaired) electrons. The van der Waals surface area contributed by atoms with Crippen LogP contribution in [0.1, 0.15) is 5.56 Å². The fourth-order valence-electron chi connectivity index (χ4n) is 1.45. The number of aryl methyl sites for hydroxylation is 1. The lowest BCUT2D eigenvalue weighted by molar-refractivity contribution is 0.824. The van der Waals surface area contributed by atoms with Gasteiger partial charge in [0.2, 0.25) is 10.9 Å². The van der Waals surface area contributed by atoms with Crippen LogP contribution in [0.5, 0.6) is 0 Å². The topological polar surface area (TPSA) is 82.7 Å². The molecule has 2 N–H and O–H groups in total. The highest BCUT2D eigenvalue weighted by Crippen LogP contribution is 2.19. The van der Waals surface area contributed by atoms with E-state index in [0.29, 0.717) is 4.90 Å². The molecule has 2 aromatic rings. The third kappa shape index (κ3) is 1.40. The Balaban J connectivity index is 0.00000112. The van der Waals surface area contributed by atoms with Crippen molar-refractivity contribution >= 4 is 23.4 Å². The van der Waals surface area contributed by atoms with Gasteiger partial charge in [-0.05, 0) is 18.6 Å². The van der Waals surface area contributed by atoms with Crippen LogP contribution in [-0.2, 0) is 0 Å². The summed E-state index contributed by atoms with van der Waals surface area (Å²) in [5.74, 6) is 0. The maximum Gasteiger partial charge on any atom is 0.274 e. The van der Waals surface area contributed by atoms with Crippen LogP contribution in [0.4, 0.5) is 0 Å². The minimum Gasteiger partial charge on any atom is -0.412 e. The number of benzene rings is 1. The molecule has 0 saturated heterocycles. The van der Waals surface area contributed by atoms with Crippen molar-refractivity contribution < 1.29 is 5.48 Å². The Hall–Kier alpha value is -1.46. The summed E-state index contributed by atoms with van der Waals surface area (Å²) in [5.41, 5.74) is -1.64. The summed E-state index contributed by atoms with van der Waals surface area (Å²) in [4.78, 5) is 34.1. The molecule has 0 aromatic heterocycles. The molecule has 0 atom stereocenters. The Morgan fingerprint density at radius 3 is 2.20 bits per heavy atom. The van der Waals surface area contributed by atoms with Crippen LogP contribution >= 0.6 is 12.6 Å². The molecule has 0 aliphatic rings. The van der Waals surface area contributed by atoms with E-state index in [4.69, 9.17) is 0 Å². The van der Waals surface area contributed by atoms with E-state index in [1.165, 1.54) is 6.07 Å². The fraction of sp³-hybridized carbons (Fsp3) is 0.100. The summed E-state index contributed by atoms with van der Waals surface area (Å²) in [7, 11) is 0. The second-order valence-corrected chi connectivity index (χ2v) is 3.59. The zero-order valence-electron chi connectivity index (χ0n) is 7.83. The summed E-state index contributed by atoms with van der Waals surface area (Å²) in [6.45, 7) is 1.77. The standard InChI is InChI=1S/C10H6O3S.H2O/c1-4-2-3-5-6(10(4)14)8(12)9(13)7(5)11;/h2-3,14H,1H3;1H2. The molecule has 0 saturated carbocycles. The predicted molar refractivity (Wildman–Crippen MR) is 60.7 cm³/mol. The van der Waals surface area contributed by atoms with Gasteiger partial charge in [0.15, 0.2) is 0 Å². The maximum atomic E-state index is 11.4. The smallest absolute Gasteiger partial charge is 0.274 e. The molecule has 4 nitrogen and oxygen atoms in total. The van der Waals surface area contributed by atoms with Crippen LogP contribution in [0.3, 0.4) is 0 Å². The maximum absolute atomic E-state index is 11.4. The largest absolute Gasteiger partial charge is 0.412 e. The number of hydrogen-bond acceptors (Lipinski definition) is 4. The van der Waals surface area contributed by atoms with Crippen LogP contribution < -0.4 is 16.3 Å². The molecule has 0 unspecified atom stereocenters. The molecule has 2 aromatic carbocycles. The molecule has 0 heterocycles. The van der Waals surface area contributed by atoms with Crippen molar-refractivity contribution in [1.29, 1.82) is 0 Å². The van der Waals surface area contributed by atoms with Crippen molar-refractivity contribution in [2.75, 3.05) is 0 Å². The van der Waals surface area contributed by atoms with Crippen molar-refractivity contribution in [2.45, 2.75) is 11.8 Å². The molecule has 0 aliphatic heterocycles. The summed E-state index contributed by atoms with van der Waals surface area (Å²) < 4.78 is 0. The van der Waals surface area contributed by atoms with Crippen LogP contribution in [-0.4, -0.2) is 5.48 Å². The minimum absolute atomic E-state index is 0. The summed E-state index contributed by atoms with van der Waals surface area (Å²) in [6.07, 6.45) is 0. The van der Waals surface area contributed by atoms with Gasteiger partial charge in [-0.1, -0.05) is 6.07 Å². The predicted octanol–water partition coefficient (Wildman–Crippen LogP) is -0.432. The van der Waals surface area contributed by atoms with Gasteiger partial charge < -0.3 is 5.48 Å². The highest BCUT2D eigenvalue weighted by molar-refractivity contribution is 7.80. The fourth-order valence-corrected chi connectivity index (χ4v) is 1.75. The third-order valence-electron chi connectivity index (χ3n) is 2.26. The van der Waals surface area contributed by atoms with Gasteiger partial charge in [-0.3, -0.25) is 14.4 Å². The van der Waals surface area contributed by atoms with Gasteiger partial charge in [0.25, 0.3) is 5.43 Å². The monoisotopic (exact) mass is 224 g/mol. The quantitative estimate of drug-likeness (QED) is 0.487. The molecular formula is C10H8O4S. The van der Waals surface area contributed by atoms with E-state index < -0.39 is 16.3 Å². The lowest BCUT2D eigenvalue weighted by Crippen LogP contribution is -2.29. The molecule has 15 heavy (non-hydrogen) atoms. The van der Waals surface area contributed by atoms with Gasteiger partial charge in [0, 0.05) is 10.3 Å². The zero-order valence-corrected chi connectivity index (χ0v) is 8.72.